The van der Waals surface area contributed by atoms with E-state index in [4.69, 9.17) is 16.9 Å². The first-order valence-corrected chi connectivity index (χ1v) is 5.85. The second-order valence-corrected chi connectivity index (χ2v) is 4.20. The minimum absolute atomic E-state index is 0.0309. The monoisotopic (exact) mass is 376 g/mol. The van der Waals surface area contributed by atoms with E-state index in [1.807, 2.05) is 0 Å². The summed E-state index contributed by atoms with van der Waals surface area (Å²) in [6.45, 7) is 0. The molecule has 3 nitrogen and oxygen atoms in total. The molecule has 0 aliphatic carbocycles. The Bertz CT molecular complexity index is 459. The Morgan fingerprint density at radius 1 is 1.53 bits per heavy atom. The molecular weight excluding hydrogens is 371 g/mol. The van der Waals surface area contributed by atoms with E-state index in [1.54, 1.807) is 28.7 Å². The molecule has 0 atom stereocenters. The molecule has 0 radical (unpaired) electrons. The van der Waals surface area contributed by atoms with E-state index in [0.717, 1.165) is 0 Å². The highest BCUT2D eigenvalue weighted by atomic mass is 127. The summed E-state index contributed by atoms with van der Waals surface area (Å²) in [6, 6.07) is 3.10. The third kappa shape index (κ3) is 4.20. The minimum atomic E-state index is -4.81. The predicted octanol–water partition coefficient (Wildman–Crippen LogP) is 3.39. The third-order valence-corrected chi connectivity index (χ3v) is 2.69. The van der Waals surface area contributed by atoms with Crippen LogP contribution in [0.25, 0.3) is 0 Å². The van der Waals surface area contributed by atoms with Gasteiger partial charge in [0.1, 0.15) is 3.70 Å². The van der Waals surface area contributed by atoms with E-state index in [2.05, 4.69) is 9.72 Å². The second-order valence-electron chi connectivity index (χ2n) is 2.91. The molecule has 0 N–H and O–H groups in total. The van der Waals surface area contributed by atoms with Crippen molar-refractivity contribution in [2.24, 2.45) is 0 Å². The average Bonchev–Trinajstić information content (AvgIpc) is 2.21. The fraction of sp³-hybridized carbons (Fsp3) is 0.333. The van der Waals surface area contributed by atoms with Gasteiger partial charge < -0.3 is 4.74 Å². The summed E-state index contributed by atoms with van der Waals surface area (Å²) in [7, 11) is 0. The van der Waals surface area contributed by atoms with Crippen LogP contribution >= 0.6 is 34.2 Å². The summed E-state index contributed by atoms with van der Waals surface area (Å²) in [5, 5.41) is 8.55. The molecule has 0 saturated heterocycles. The smallest absolute Gasteiger partial charge is 0.403 e. The number of alkyl halides is 4. The van der Waals surface area contributed by atoms with Crippen LogP contribution in [-0.2, 0) is 12.3 Å². The largest absolute Gasteiger partial charge is 0.573 e. The Balaban J connectivity index is 3.22. The molecule has 0 unspecified atom stereocenters. The van der Waals surface area contributed by atoms with Crippen molar-refractivity contribution < 1.29 is 17.9 Å². The molecule has 92 valence electrons. The lowest BCUT2D eigenvalue weighted by Gasteiger charge is -2.14. The fourth-order valence-electron chi connectivity index (χ4n) is 1.12. The minimum Gasteiger partial charge on any atom is -0.403 e. The molecule has 0 saturated carbocycles. The van der Waals surface area contributed by atoms with Gasteiger partial charge in [-0.25, -0.2) is 4.98 Å². The summed E-state index contributed by atoms with van der Waals surface area (Å²) in [4.78, 5) is 3.84. The summed E-state index contributed by atoms with van der Waals surface area (Å²) in [6.07, 6.45) is -5.01. The topological polar surface area (TPSA) is 45.9 Å². The fourth-order valence-corrected chi connectivity index (χ4v) is 2.02. The van der Waals surface area contributed by atoms with Crippen molar-refractivity contribution in [3.05, 3.63) is 21.0 Å². The van der Waals surface area contributed by atoms with Gasteiger partial charge in [-0.3, -0.25) is 0 Å². The van der Waals surface area contributed by atoms with Crippen LogP contribution in [0.5, 0.6) is 5.75 Å². The van der Waals surface area contributed by atoms with E-state index in [-0.39, 0.29) is 21.6 Å². The number of ether oxygens (including phenoxy) is 1. The summed E-state index contributed by atoms with van der Waals surface area (Å²) >= 11 is 7.16. The van der Waals surface area contributed by atoms with Crippen molar-refractivity contribution in [2.45, 2.75) is 18.7 Å². The van der Waals surface area contributed by atoms with E-state index in [0.29, 0.717) is 5.69 Å². The third-order valence-electron chi connectivity index (χ3n) is 1.69. The highest BCUT2D eigenvalue weighted by molar-refractivity contribution is 14.1. The van der Waals surface area contributed by atoms with Gasteiger partial charge in [0.15, 0.2) is 5.75 Å². The molecular formula is C9H5ClF3IN2O. The zero-order chi connectivity index (χ0) is 13.1. The Morgan fingerprint density at radius 2 is 2.18 bits per heavy atom. The Hall–Kier alpha value is -0.750. The van der Waals surface area contributed by atoms with Crippen LogP contribution in [0, 0.1) is 15.0 Å². The van der Waals surface area contributed by atoms with E-state index in [1.165, 1.54) is 6.07 Å². The molecule has 0 aliphatic rings. The van der Waals surface area contributed by atoms with Gasteiger partial charge in [0.05, 0.1) is 24.1 Å². The van der Waals surface area contributed by atoms with E-state index in [9.17, 15) is 13.2 Å². The second kappa shape index (κ2) is 5.73. The first kappa shape index (κ1) is 14.3. The number of nitriles is 1. The van der Waals surface area contributed by atoms with Gasteiger partial charge in [0.2, 0.25) is 0 Å². The van der Waals surface area contributed by atoms with Crippen LogP contribution in [0.1, 0.15) is 11.3 Å². The molecule has 0 aromatic carbocycles. The molecule has 0 fully saturated rings. The van der Waals surface area contributed by atoms with Crippen LogP contribution in [0.3, 0.4) is 0 Å². The quantitative estimate of drug-likeness (QED) is 0.461. The van der Waals surface area contributed by atoms with Gasteiger partial charge in [-0.2, -0.15) is 5.26 Å². The number of nitrogens with zero attached hydrogens (tertiary/aromatic N) is 2. The molecule has 0 bridgehead atoms. The standard InChI is InChI=1S/C9H5ClF3IN2O/c10-4-6-3-5(1-2-15)7(8(14)16-6)17-9(11,12)13/h3H,1,4H2. The van der Waals surface area contributed by atoms with Gasteiger partial charge in [0.25, 0.3) is 0 Å². The molecule has 1 aromatic heterocycles. The summed E-state index contributed by atoms with van der Waals surface area (Å²) < 4.78 is 40.4. The van der Waals surface area contributed by atoms with Crippen molar-refractivity contribution in [3.8, 4) is 11.8 Å². The van der Waals surface area contributed by atoms with Crippen LogP contribution in [-0.4, -0.2) is 11.3 Å². The van der Waals surface area contributed by atoms with Gasteiger partial charge in [0, 0.05) is 5.56 Å². The number of aromatic nitrogens is 1. The Kier molecular flexibility index (Phi) is 4.82. The van der Waals surface area contributed by atoms with Crippen LogP contribution in [0.4, 0.5) is 13.2 Å². The maximum absolute atomic E-state index is 12.2. The molecule has 1 rings (SSSR count). The number of pyridine rings is 1. The van der Waals surface area contributed by atoms with Crippen LogP contribution in [0.2, 0.25) is 0 Å². The molecule has 8 heteroatoms. The zero-order valence-electron chi connectivity index (χ0n) is 8.18. The highest BCUT2D eigenvalue weighted by Gasteiger charge is 2.33. The normalized spacial score (nSPS) is 11.1. The Morgan fingerprint density at radius 3 is 2.65 bits per heavy atom. The number of hydrogen-bond donors (Lipinski definition) is 0. The first-order valence-electron chi connectivity index (χ1n) is 4.24. The Labute approximate surface area is 114 Å². The maximum atomic E-state index is 12.2. The van der Waals surface area contributed by atoms with Crippen LogP contribution < -0.4 is 4.74 Å². The molecule has 1 aromatic rings. The molecule has 0 spiro atoms. The predicted molar refractivity (Wildman–Crippen MR) is 62.5 cm³/mol. The van der Waals surface area contributed by atoms with Gasteiger partial charge in [-0.15, -0.1) is 24.8 Å². The van der Waals surface area contributed by atoms with E-state index >= 15 is 0 Å². The van der Waals surface area contributed by atoms with Crippen LogP contribution in [0.15, 0.2) is 6.07 Å². The van der Waals surface area contributed by atoms with Gasteiger partial charge >= 0.3 is 6.36 Å². The summed E-state index contributed by atoms with van der Waals surface area (Å²) in [5.74, 6) is -0.380. The molecule has 1 heterocycles. The molecule has 17 heavy (non-hydrogen) atoms. The van der Waals surface area contributed by atoms with Crippen molar-refractivity contribution in [3.63, 3.8) is 0 Å². The first-order chi connectivity index (χ1) is 7.87. The lowest BCUT2D eigenvalue weighted by Crippen LogP contribution is -2.19. The maximum Gasteiger partial charge on any atom is 0.573 e. The van der Waals surface area contributed by atoms with Crippen molar-refractivity contribution >= 4 is 34.2 Å². The SMILES string of the molecule is N#CCc1cc(CCl)nc(I)c1OC(F)(F)F. The summed E-state index contributed by atoms with van der Waals surface area (Å²) in [5.41, 5.74) is 0.524. The van der Waals surface area contributed by atoms with Crippen molar-refractivity contribution in [1.82, 2.24) is 4.98 Å². The zero-order valence-corrected chi connectivity index (χ0v) is 11.1. The molecule has 0 aliphatic heterocycles. The lowest BCUT2D eigenvalue weighted by atomic mass is 10.1. The lowest BCUT2D eigenvalue weighted by molar-refractivity contribution is -0.275. The number of rotatable bonds is 3. The van der Waals surface area contributed by atoms with E-state index < -0.39 is 12.1 Å². The number of hydrogen-bond acceptors (Lipinski definition) is 3. The van der Waals surface area contributed by atoms with Gasteiger partial charge in [-0.1, -0.05) is 0 Å². The van der Waals surface area contributed by atoms with Crippen molar-refractivity contribution in [1.29, 1.82) is 5.26 Å². The number of halogens is 5. The van der Waals surface area contributed by atoms with Gasteiger partial charge in [-0.05, 0) is 28.7 Å². The highest BCUT2D eigenvalue weighted by Crippen LogP contribution is 2.31. The molecule has 0 amide bonds. The average molecular weight is 377 g/mol. The van der Waals surface area contributed by atoms with Crippen molar-refractivity contribution in [2.75, 3.05) is 0 Å².